The van der Waals surface area contributed by atoms with Crippen LogP contribution in [0.3, 0.4) is 0 Å². The number of fused-ring (bicyclic) bond motifs is 1. The minimum Gasteiger partial charge on any atom is -0.482 e. The van der Waals surface area contributed by atoms with Gasteiger partial charge in [-0.2, -0.15) is 13.2 Å². The molecule has 176 valence electrons. The van der Waals surface area contributed by atoms with Crippen molar-refractivity contribution in [2.75, 3.05) is 13.2 Å². The zero-order valence-electron chi connectivity index (χ0n) is 18.2. The van der Waals surface area contributed by atoms with Gasteiger partial charge in [-0.15, -0.1) is 0 Å². The van der Waals surface area contributed by atoms with Gasteiger partial charge in [-0.05, 0) is 42.7 Å². The van der Waals surface area contributed by atoms with Crippen LogP contribution in [0.25, 0.3) is 11.0 Å². The number of alkyl halides is 3. The Kier molecular flexibility index (Phi) is 7.63. The van der Waals surface area contributed by atoms with Crippen molar-refractivity contribution in [3.05, 3.63) is 64.0 Å². The van der Waals surface area contributed by atoms with Gasteiger partial charge in [-0.25, -0.2) is 4.79 Å². The van der Waals surface area contributed by atoms with E-state index < -0.39 is 35.7 Å². The van der Waals surface area contributed by atoms with Gasteiger partial charge < -0.3 is 18.6 Å². The van der Waals surface area contributed by atoms with E-state index in [2.05, 4.69) is 0 Å². The molecule has 0 spiro atoms. The Morgan fingerprint density at radius 1 is 1.03 bits per heavy atom. The molecule has 0 aliphatic carbocycles. The molecule has 0 saturated heterocycles. The van der Waals surface area contributed by atoms with Crippen LogP contribution < -0.4 is 14.9 Å². The average molecular weight is 464 g/mol. The summed E-state index contributed by atoms with van der Waals surface area (Å²) in [6.45, 7) is 3.70. The molecule has 0 saturated carbocycles. The fourth-order valence-corrected chi connectivity index (χ4v) is 2.95. The maximum atomic E-state index is 13.7. The van der Waals surface area contributed by atoms with Crippen LogP contribution in [0.2, 0.25) is 0 Å². The van der Waals surface area contributed by atoms with E-state index >= 15 is 0 Å². The van der Waals surface area contributed by atoms with Gasteiger partial charge in [0.05, 0.1) is 12.0 Å². The predicted octanol–water partition coefficient (Wildman–Crippen LogP) is 5.89. The predicted molar refractivity (Wildman–Crippen MR) is 115 cm³/mol. The Bertz CT molecular complexity index is 1170. The summed E-state index contributed by atoms with van der Waals surface area (Å²) in [6, 6.07) is 10.1. The molecule has 9 heteroatoms. The summed E-state index contributed by atoms with van der Waals surface area (Å²) in [4.78, 5) is 24.5. The first-order chi connectivity index (χ1) is 15.7. The summed E-state index contributed by atoms with van der Waals surface area (Å²) < 4.78 is 61.6. The highest BCUT2D eigenvalue weighted by atomic mass is 19.4. The van der Waals surface area contributed by atoms with Crippen LogP contribution in [-0.4, -0.2) is 19.2 Å². The molecule has 0 amide bonds. The number of ether oxygens (including phenoxy) is 3. The Labute approximate surface area is 187 Å². The zero-order valence-corrected chi connectivity index (χ0v) is 18.2. The van der Waals surface area contributed by atoms with E-state index in [9.17, 15) is 22.8 Å². The van der Waals surface area contributed by atoms with Crippen molar-refractivity contribution in [2.24, 2.45) is 0 Å². The second kappa shape index (κ2) is 10.4. The Morgan fingerprint density at radius 3 is 2.36 bits per heavy atom. The number of aryl methyl sites for hydroxylation is 1. The molecule has 0 radical (unpaired) electrons. The first kappa shape index (κ1) is 24.2. The Morgan fingerprint density at radius 2 is 1.73 bits per heavy atom. The lowest BCUT2D eigenvalue weighted by Crippen LogP contribution is -2.16. The second-order valence-electron chi connectivity index (χ2n) is 7.21. The number of halogens is 3. The molecule has 0 bridgehead atoms. The van der Waals surface area contributed by atoms with Crippen molar-refractivity contribution in [2.45, 2.75) is 39.3 Å². The summed E-state index contributed by atoms with van der Waals surface area (Å²) in [6.07, 6.45) is -2.67. The molecule has 0 fully saturated rings. The molecule has 33 heavy (non-hydrogen) atoms. The summed E-state index contributed by atoms with van der Waals surface area (Å²) in [5.41, 5.74) is -0.364. The monoisotopic (exact) mass is 464 g/mol. The van der Waals surface area contributed by atoms with Gasteiger partial charge in [-0.1, -0.05) is 32.4 Å². The topological polar surface area (TPSA) is 75.0 Å². The van der Waals surface area contributed by atoms with Gasteiger partial charge in [0.15, 0.2) is 6.61 Å². The Hall–Kier alpha value is -3.49. The first-order valence-corrected chi connectivity index (χ1v) is 10.5. The molecule has 0 unspecified atom stereocenters. The van der Waals surface area contributed by atoms with Crippen LogP contribution in [0.15, 0.2) is 51.7 Å². The molecule has 1 aromatic heterocycles. The molecule has 3 rings (SSSR count). The lowest BCUT2D eigenvalue weighted by molar-refractivity contribution is -0.154. The van der Waals surface area contributed by atoms with Gasteiger partial charge >= 0.3 is 12.1 Å². The van der Waals surface area contributed by atoms with E-state index in [-0.39, 0.29) is 29.1 Å². The summed E-state index contributed by atoms with van der Waals surface area (Å²) >= 11 is 0. The van der Waals surface area contributed by atoms with Crippen molar-refractivity contribution in [3.63, 3.8) is 0 Å². The van der Waals surface area contributed by atoms with Crippen LogP contribution in [0.5, 0.6) is 17.2 Å². The number of unbranched alkanes of at least 4 members (excludes halogenated alkanes) is 1. The number of carbonyl (C=O) groups is 1. The molecular formula is C24H23F3O6. The molecule has 6 nitrogen and oxygen atoms in total. The van der Waals surface area contributed by atoms with Gasteiger partial charge in [0.1, 0.15) is 17.1 Å². The quantitative estimate of drug-likeness (QED) is 0.290. The number of hydrogen-bond acceptors (Lipinski definition) is 6. The molecular weight excluding hydrogens is 441 g/mol. The minimum atomic E-state index is -4.98. The lowest BCUT2D eigenvalue weighted by atomic mass is 10.1. The molecule has 1 heterocycles. The molecule has 0 aliphatic heterocycles. The summed E-state index contributed by atoms with van der Waals surface area (Å²) in [5.74, 6) is -3.00. The normalized spacial score (nSPS) is 11.4. The van der Waals surface area contributed by atoms with Crippen LogP contribution in [0.4, 0.5) is 13.2 Å². The van der Waals surface area contributed by atoms with E-state index in [4.69, 9.17) is 18.6 Å². The van der Waals surface area contributed by atoms with E-state index in [0.717, 1.165) is 24.5 Å². The third-order valence-corrected chi connectivity index (χ3v) is 4.75. The van der Waals surface area contributed by atoms with Crippen molar-refractivity contribution in [1.29, 1.82) is 0 Å². The zero-order chi connectivity index (χ0) is 24.0. The molecule has 0 atom stereocenters. The average Bonchev–Trinajstić information content (AvgIpc) is 2.79. The molecule has 2 aromatic carbocycles. The molecule has 0 N–H and O–H groups in total. The van der Waals surface area contributed by atoms with E-state index in [1.807, 2.05) is 13.8 Å². The van der Waals surface area contributed by atoms with Crippen molar-refractivity contribution in [3.8, 4) is 17.2 Å². The van der Waals surface area contributed by atoms with E-state index in [1.165, 1.54) is 24.3 Å². The van der Waals surface area contributed by atoms with Gasteiger partial charge in [0, 0.05) is 6.07 Å². The Balaban J connectivity index is 1.91. The van der Waals surface area contributed by atoms with Gasteiger partial charge in [0.25, 0.3) is 5.76 Å². The first-order valence-electron chi connectivity index (χ1n) is 10.5. The van der Waals surface area contributed by atoms with Gasteiger partial charge in [0.2, 0.25) is 11.2 Å². The number of rotatable bonds is 9. The van der Waals surface area contributed by atoms with E-state index in [1.54, 1.807) is 12.1 Å². The fourth-order valence-electron chi connectivity index (χ4n) is 2.95. The minimum absolute atomic E-state index is 0.0510. The third kappa shape index (κ3) is 6.06. The van der Waals surface area contributed by atoms with Crippen LogP contribution in [-0.2, 0) is 22.1 Å². The summed E-state index contributed by atoms with van der Waals surface area (Å²) in [5, 5.41) is -0.124. The van der Waals surface area contributed by atoms with Gasteiger partial charge in [-0.3, -0.25) is 4.79 Å². The van der Waals surface area contributed by atoms with Crippen LogP contribution in [0.1, 0.15) is 38.0 Å². The van der Waals surface area contributed by atoms with Crippen molar-refractivity contribution < 1.29 is 36.6 Å². The van der Waals surface area contributed by atoms with Crippen molar-refractivity contribution in [1.82, 2.24) is 0 Å². The smallest absolute Gasteiger partial charge is 0.453 e. The number of carbonyl (C=O) groups excluding carboxylic acids is 1. The lowest BCUT2D eigenvalue weighted by Gasteiger charge is -2.14. The van der Waals surface area contributed by atoms with E-state index in [0.29, 0.717) is 6.42 Å². The summed E-state index contributed by atoms with van der Waals surface area (Å²) in [7, 11) is 0. The maximum Gasteiger partial charge on any atom is 0.453 e. The highest BCUT2D eigenvalue weighted by molar-refractivity contribution is 5.80. The number of benzene rings is 2. The fraction of sp³-hybridized carbons (Fsp3) is 0.333. The highest BCUT2D eigenvalue weighted by Gasteiger charge is 2.40. The number of hydrogen-bond donors (Lipinski definition) is 0. The molecule has 0 aliphatic rings. The molecule has 3 aromatic rings. The number of esters is 1. The second-order valence-corrected chi connectivity index (χ2v) is 7.21. The van der Waals surface area contributed by atoms with Crippen molar-refractivity contribution >= 4 is 16.9 Å². The standard InChI is InChI=1S/C24H23F3O6/c1-3-5-12-30-20(28)14-31-17-10-11-18-19(13-17)33-23(24(25,26)27)22(21(18)29)32-16-8-6-15(4-2)7-9-16/h6-11,13H,3-5,12,14H2,1-2H3. The SMILES string of the molecule is CCCCOC(=O)COc1ccc2c(=O)c(Oc3ccc(CC)cc3)c(C(F)(F)F)oc2c1. The van der Waals surface area contributed by atoms with Crippen LogP contribution in [0, 0.1) is 0 Å². The highest BCUT2D eigenvalue weighted by Crippen LogP contribution is 2.38. The maximum absolute atomic E-state index is 13.7. The van der Waals surface area contributed by atoms with Crippen LogP contribution >= 0.6 is 0 Å². The largest absolute Gasteiger partial charge is 0.482 e. The third-order valence-electron chi connectivity index (χ3n) is 4.75.